The molecule has 1 amide bonds. The molecule has 2 aromatic heterocycles. The number of ether oxygens (including phenoxy) is 2. The maximum absolute atomic E-state index is 13.4. The fourth-order valence-corrected chi connectivity index (χ4v) is 4.87. The molecule has 1 aliphatic rings. The van der Waals surface area contributed by atoms with Crippen molar-refractivity contribution in [1.82, 2.24) is 4.98 Å². The molecule has 38 heavy (non-hydrogen) atoms. The summed E-state index contributed by atoms with van der Waals surface area (Å²) in [5, 5.41) is 4.95. The first kappa shape index (κ1) is 25.7. The summed E-state index contributed by atoms with van der Waals surface area (Å²) in [6.45, 7) is 1.08. The van der Waals surface area contributed by atoms with Gasteiger partial charge in [0.05, 0.1) is 51.8 Å². The van der Waals surface area contributed by atoms with Crippen LogP contribution in [0.15, 0.2) is 66.0 Å². The number of benzene rings is 2. The summed E-state index contributed by atoms with van der Waals surface area (Å²) in [4.78, 5) is 33.1. The Morgan fingerprint density at radius 1 is 1.05 bits per heavy atom. The Labute approximate surface area is 219 Å². The van der Waals surface area contributed by atoms with Crippen LogP contribution in [-0.2, 0) is 20.4 Å². The number of carbonyl (C=O) groups excluding carboxylic acids is 2. The van der Waals surface area contributed by atoms with Crippen molar-refractivity contribution in [1.29, 1.82) is 0 Å². The van der Waals surface area contributed by atoms with Gasteiger partial charge in [-0.05, 0) is 41.8 Å². The quantitative estimate of drug-likeness (QED) is 0.320. The third-order valence-corrected chi connectivity index (χ3v) is 6.89. The number of nitrogens with zero attached hydrogens (tertiary/aromatic N) is 2. The SMILES string of the molecule is O=C(COC(=O)c1cc(-c2cccs2)nc2ccccc12)Nc1cc(C(F)(F)F)ccc1N1CCOCC1. The number of anilines is 2. The van der Waals surface area contributed by atoms with Gasteiger partial charge in [0.15, 0.2) is 6.61 Å². The Morgan fingerprint density at radius 3 is 2.58 bits per heavy atom. The van der Waals surface area contributed by atoms with Crippen molar-refractivity contribution in [3.8, 4) is 10.6 Å². The minimum atomic E-state index is -4.59. The number of para-hydroxylation sites is 1. The molecule has 3 heterocycles. The van der Waals surface area contributed by atoms with Gasteiger partial charge in [-0.15, -0.1) is 11.3 Å². The van der Waals surface area contributed by atoms with Crippen LogP contribution in [0.1, 0.15) is 15.9 Å². The maximum atomic E-state index is 13.4. The van der Waals surface area contributed by atoms with Gasteiger partial charge < -0.3 is 19.7 Å². The molecule has 1 saturated heterocycles. The summed E-state index contributed by atoms with van der Waals surface area (Å²) < 4.78 is 50.7. The van der Waals surface area contributed by atoms with Gasteiger partial charge in [-0.25, -0.2) is 9.78 Å². The van der Waals surface area contributed by atoms with Crippen LogP contribution >= 0.6 is 11.3 Å². The number of nitrogens with one attached hydrogen (secondary N) is 1. The molecule has 11 heteroatoms. The summed E-state index contributed by atoms with van der Waals surface area (Å²) in [5.41, 5.74) is 0.938. The summed E-state index contributed by atoms with van der Waals surface area (Å²) in [5.74, 6) is -1.50. The van der Waals surface area contributed by atoms with Crippen LogP contribution in [-0.4, -0.2) is 49.8 Å². The molecule has 0 atom stereocenters. The number of amides is 1. The predicted molar refractivity (Wildman–Crippen MR) is 138 cm³/mol. The standard InChI is InChI=1S/C27H22F3N3O4S/c28-27(29,30)17-7-8-23(33-9-11-36-12-10-33)21(14-17)32-25(34)16-37-26(35)19-15-22(24-6-3-13-38-24)31-20-5-2-1-4-18(19)20/h1-8,13-15H,9-12,16H2,(H,32,34). The maximum Gasteiger partial charge on any atom is 0.416 e. The molecule has 7 nitrogen and oxygen atoms in total. The molecule has 1 aliphatic heterocycles. The van der Waals surface area contributed by atoms with Crippen molar-refractivity contribution in [2.45, 2.75) is 6.18 Å². The lowest BCUT2D eigenvalue weighted by molar-refractivity contribution is -0.137. The zero-order valence-electron chi connectivity index (χ0n) is 20.0. The molecular weight excluding hydrogens is 519 g/mol. The third kappa shape index (κ3) is 5.63. The van der Waals surface area contributed by atoms with E-state index in [-0.39, 0.29) is 11.3 Å². The predicted octanol–water partition coefficient (Wildman–Crippen LogP) is 5.61. The van der Waals surface area contributed by atoms with E-state index in [1.54, 1.807) is 30.3 Å². The second-order valence-corrected chi connectivity index (χ2v) is 9.45. The Kier molecular flexibility index (Phi) is 7.30. The number of carbonyl (C=O) groups is 2. The lowest BCUT2D eigenvalue weighted by Crippen LogP contribution is -2.37. The lowest BCUT2D eigenvalue weighted by Gasteiger charge is -2.31. The van der Waals surface area contributed by atoms with E-state index in [2.05, 4.69) is 10.3 Å². The van der Waals surface area contributed by atoms with E-state index in [4.69, 9.17) is 9.47 Å². The van der Waals surface area contributed by atoms with Crippen molar-refractivity contribution >= 4 is 45.5 Å². The highest BCUT2D eigenvalue weighted by atomic mass is 32.1. The van der Waals surface area contributed by atoms with Crippen molar-refractivity contribution in [2.24, 2.45) is 0 Å². The van der Waals surface area contributed by atoms with E-state index in [0.29, 0.717) is 48.6 Å². The molecule has 5 rings (SSSR count). The zero-order chi connectivity index (χ0) is 26.7. The average Bonchev–Trinajstić information content (AvgIpc) is 3.46. The van der Waals surface area contributed by atoms with Crippen molar-refractivity contribution in [3.05, 3.63) is 77.2 Å². The molecule has 0 spiro atoms. The summed E-state index contributed by atoms with van der Waals surface area (Å²) >= 11 is 1.47. The van der Waals surface area contributed by atoms with Gasteiger partial charge >= 0.3 is 12.1 Å². The monoisotopic (exact) mass is 541 g/mol. The number of fused-ring (bicyclic) bond motifs is 1. The number of halogens is 3. The van der Waals surface area contributed by atoms with E-state index >= 15 is 0 Å². The van der Waals surface area contributed by atoms with Gasteiger partial charge in [0.2, 0.25) is 0 Å². The number of esters is 1. The number of hydrogen-bond acceptors (Lipinski definition) is 7. The van der Waals surface area contributed by atoms with Crippen LogP contribution in [0, 0.1) is 0 Å². The van der Waals surface area contributed by atoms with E-state index in [1.807, 2.05) is 22.4 Å². The molecule has 0 bridgehead atoms. The van der Waals surface area contributed by atoms with Crippen LogP contribution < -0.4 is 10.2 Å². The lowest BCUT2D eigenvalue weighted by atomic mass is 10.1. The normalized spacial score (nSPS) is 13.9. The highest BCUT2D eigenvalue weighted by Crippen LogP contribution is 2.36. The molecule has 0 saturated carbocycles. The van der Waals surface area contributed by atoms with Crippen LogP contribution in [0.2, 0.25) is 0 Å². The first-order chi connectivity index (χ1) is 18.3. The zero-order valence-corrected chi connectivity index (χ0v) is 20.8. The first-order valence-corrected chi connectivity index (χ1v) is 12.6. The molecular formula is C27H22F3N3O4S. The smallest absolute Gasteiger partial charge is 0.416 e. The Balaban J connectivity index is 1.35. The number of morpholine rings is 1. The van der Waals surface area contributed by atoms with Crippen molar-refractivity contribution in [3.63, 3.8) is 0 Å². The van der Waals surface area contributed by atoms with Crippen LogP contribution in [0.3, 0.4) is 0 Å². The second-order valence-electron chi connectivity index (χ2n) is 8.50. The van der Waals surface area contributed by atoms with Crippen LogP contribution in [0.5, 0.6) is 0 Å². The van der Waals surface area contributed by atoms with Crippen LogP contribution in [0.4, 0.5) is 24.5 Å². The number of pyridine rings is 1. The third-order valence-electron chi connectivity index (χ3n) is 5.99. The number of alkyl halides is 3. The van der Waals surface area contributed by atoms with E-state index < -0.39 is 30.2 Å². The van der Waals surface area contributed by atoms with E-state index in [9.17, 15) is 22.8 Å². The molecule has 0 aliphatic carbocycles. The summed E-state index contributed by atoms with van der Waals surface area (Å²) in [6.07, 6.45) is -4.59. The van der Waals surface area contributed by atoms with E-state index in [0.717, 1.165) is 17.0 Å². The van der Waals surface area contributed by atoms with Gasteiger partial charge in [0, 0.05) is 18.5 Å². The Morgan fingerprint density at radius 2 is 1.84 bits per heavy atom. The van der Waals surface area contributed by atoms with Crippen molar-refractivity contribution in [2.75, 3.05) is 43.1 Å². The van der Waals surface area contributed by atoms with Crippen LogP contribution in [0.25, 0.3) is 21.5 Å². The molecule has 0 unspecified atom stereocenters. The van der Waals surface area contributed by atoms with Gasteiger partial charge in [0.1, 0.15) is 0 Å². The number of rotatable bonds is 6. The Bertz CT molecular complexity index is 1470. The van der Waals surface area contributed by atoms with Gasteiger partial charge in [-0.1, -0.05) is 24.3 Å². The molecule has 4 aromatic rings. The fourth-order valence-electron chi connectivity index (χ4n) is 4.18. The van der Waals surface area contributed by atoms with Gasteiger partial charge in [0.25, 0.3) is 5.91 Å². The summed E-state index contributed by atoms with van der Waals surface area (Å²) in [7, 11) is 0. The van der Waals surface area contributed by atoms with Gasteiger partial charge in [-0.2, -0.15) is 13.2 Å². The number of thiophene rings is 1. The molecule has 1 N–H and O–H groups in total. The minimum Gasteiger partial charge on any atom is -0.452 e. The minimum absolute atomic E-state index is 0.0166. The first-order valence-electron chi connectivity index (χ1n) is 11.7. The molecule has 1 fully saturated rings. The van der Waals surface area contributed by atoms with E-state index in [1.165, 1.54) is 17.4 Å². The molecule has 2 aromatic carbocycles. The second kappa shape index (κ2) is 10.8. The van der Waals surface area contributed by atoms with Gasteiger partial charge in [-0.3, -0.25) is 4.79 Å². The number of hydrogen-bond donors (Lipinski definition) is 1. The molecule has 0 radical (unpaired) electrons. The largest absolute Gasteiger partial charge is 0.452 e. The highest BCUT2D eigenvalue weighted by molar-refractivity contribution is 7.13. The molecule has 196 valence electrons. The van der Waals surface area contributed by atoms with Crippen molar-refractivity contribution < 1.29 is 32.2 Å². The average molecular weight is 542 g/mol. The topological polar surface area (TPSA) is 80.8 Å². The highest BCUT2D eigenvalue weighted by Gasteiger charge is 2.32. The summed E-state index contributed by atoms with van der Waals surface area (Å²) in [6, 6.07) is 15.6. The fraction of sp³-hybridized carbons (Fsp3) is 0.222. The number of aromatic nitrogens is 1. The Hall–Kier alpha value is -3.96.